The van der Waals surface area contributed by atoms with Crippen molar-refractivity contribution in [2.45, 2.75) is 26.4 Å². The number of hydrogen-bond donors (Lipinski definition) is 2. The van der Waals surface area contributed by atoms with Gasteiger partial charge in [-0.15, -0.1) is 24.0 Å². The number of guanidine groups is 1. The molecular weight excluding hydrogens is 461 g/mol. The number of benzene rings is 1. The van der Waals surface area contributed by atoms with Gasteiger partial charge in [-0.3, -0.25) is 4.99 Å². The molecule has 22 heavy (non-hydrogen) atoms. The predicted octanol–water partition coefficient (Wildman–Crippen LogP) is 3.18. The van der Waals surface area contributed by atoms with Gasteiger partial charge in [0.25, 0.3) is 0 Å². The van der Waals surface area contributed by atoms with E-state index in [0.29, 0.717) is 24.2 Å². The van der Waals surface area contributed by atoms with E-state index in [1.54, 1.807) is 14.0 Å². The summed E-state index contributed by atoms with van der Waals surface area (Å²) in [4.78, 5) is 8.34. The molecule has 0 amide bonds. The van der Waals surface area contributed by atoms with Crippen LogP contribution in [0.1, 0.15) is 30.2 Å². The average Bonchev–Trinajstić information content (AvgIpc) is 2.89. The van der Waals surface area contributed by atoms with Crippen LogP contribution in [-0.4, -0.2) is 23.1 Å². The monoisotopic (exact) mass is 479 g/mol. The summed E-state index contributed by atoms with van der Waals surface area (Å²) in [7, 11) is 1.73. The summed E-state index contributed by atoms with van der Waals surface area (Å²) >= 11 is 3.55. The molecule has 8 heteroatoms. The molecule has 120 valence electrons. The summed E-state index contributed by atoms with van der Waals surface area (Å²) in [5.74, 6) is 1.83. The van der Waals surface area contributed by atoms with Gasteiger partial charge in [0.1, 0.15) is 0 Å². The number of hydrogen-bond acceptors (Lipinski definition) is 4. The van der Waals surface area contributed by atoms with Gasteiger partial charge in [0.2, 0.25) is 5.89 Å². The van der Waals surface area contributed by atoms with Crippen molar-refractivity contribution in [2.24, 2.45) is 4.99 Å². The van der Waals surface area contributed by atoms with Gasteiger partial charge in [-0.25, -0.2) is 0 Å². The highest BCUT2D eigenvalue weighted by molar-refractivity contribution is 14.0. The van der Waals surface area contributed by atoms with Crippen LogP contribution in [0.2, 0.25) is 0 Å². The molecule has 1 atom stereocenters. The molecule has 0 aliphatic heterocycles. The molecule has 0 spiro atoms. The number of rotatable bonds is 4. The zero-order chi connectivity index (χ0) is 15.2. The molecular formula is C14H19BrIN5O. The molecule has 2 aromatic rings. The fourth-order valence-electron chi connectivity index (χ4n) is 1.88. The van der Waals surface area contributed by atoms with Gasteiger partial charge in [0, 0.05) is 18.4 Å². The molecule has 1 aromatic carbocycles. The minimum atomic E-state index is 0. The Hall–Kier alpha value is -1.16. The van der Waals surface area contributed by atoms with E-state index in [-0.39, 0.29) is 30.0 Å². The van der Waals surface area contributed by atoms with Crippen molar-refractivity contribution < 1.29 is 4.52 Å². The van der Waals surface area contributed by atoms with Gasteiger partial charge in [-0.05, 0) is 18.6 Å². The molecule has 1 unspecified atom stereocenters. The maximum Gasteiger partial charge on any atom is 0.223 e. The van der Waals surface area contributed by atoms with E-state index in [1.165, 1.54) is 0 Å². The van der Waals surface area contributed by atoms with Gasteiger partial charge >= 0.3 is 0 Å². The topological polar surface area (TPSA) is 75.3 Å². The molecule has 1 aromatic heterocycles. The van der Waals surface area contributed by atoms with Gasteiger partial charge in [0.05, 0.1) is 12.6 Å². The molecule has 0 bridgehead atoms. The Balaban J connectivity index is 0.00000242. The van der Waals surface area contributed by atoms with Crippen molar-refractivity contribution in [1.29, 1.82) is 0 Å². The zero-order valence-electron chi connectivity index (χ0n) is 12.6. The van der Waals surface area contributed by atoms with Crippen molar-refractivity contribution in [3.63, 3.8) is 0 Å². The lowest BCUT2D eigenvalue weighted by atomic mass is 10.1. The Bertz CT molecular complexity index is 631. The first-order valence-corrected chi connectivity index (χ1v) is 7.40. The van der Waals surface area contributed by atoms with Gasteiger partial charge < -0.3 is 15.2 Å². The van der Waals surface area contributed by atoms with Crippen LogP contribution in [0.25, 0.3) is 0 Å². The molecule has 0 aliphatic carbocycles. The third-order valence-corrected chi connectivity index (χ3v) is 3.65. The molecule has 2 N–H and O–H groups in total. The van der Waals surface area contributed by atoms with Gasteiger partial charge in [-0.2, -0.15) is 4.98 Å². The van der Waals surface area contributed by atoms with Crippen LogP contribution in [-0.2, 0) is 6.54 Å². The lowest BCUT2D eigenvalue weighted by Gasteiger charge is -2.18. The molecule has 0 saturated heterocycles. The van der Waals surface area contributed by atoms with Crippen molar-refractivity contribution >= 4 is 45.9 Å². The third kappa shape index (κ3) is 5.24. The second-order valence-corrected chi connectivity index (χ2v) is 5.40. The largest absolute Gasteiger partial charge is 0.350 e. The quantitative estimate of drug-likeness (QED) is 0.400. The van der Waals surface area contributed by atoms with E-state index in [0.717, 1.165) is 10.0 Å². The number of aryl methyl sites for hydroxylation is 1. The highest BCUT2D eigenvalue weighted by Crippen LogP contribution is 2.22. The van der Waals surface area contributed by atoms with Crippen molar-refractivity contribution in [2.75, 3.05) is 7.05 Å². The Labute approximate surface area is 155 Å². The van der Waals surface area contributed by atoms with E-state index in [1.807, 2.05) is 18.2 Å². The molecule has 0 radical (unpaired) electrons. The lowest BCUT2D eigenvalue weighted by molar-refractivity contribution is 0.386. The van der Waals surface area contributed by atoms with Crippen LogP contribution in [0.5, 0.6) is 0 Å². The zero-order valence-corrected chi connectivity index (χ0v) is 16.5. The van der Waals surface area contributed by atoms with E-state index in [4.69, 9.17) is 4.52 Å². The number of nitrogens with one attached hydrogen (secondary N) is 2. The minimum Gasteiger partial charge on any atom is -0.350 e. The minimum absolute atomic E-state index is 0. The molecule has 1 heterocycles. The van der Waals surface area contributed by atoms with Crippen molar-refractivity contribution in [1.82, 2.24) is 20.8 Å². The van der Waals surface area contributed by atoms with Crippen LogP contribution >= 0.6 is 39.9 Å². The first kappa shape index (κ1) is 18.9. The first-order chi connectivity index (χ1) is 10.1. The number of aliphatic imine (C=N–C) groups is 1. The fraction of sp³-hybridized carbons (Fsp3) is 0.357. The number of aromatic nitrogens is 2. The second-order valence-electron chi connectivity index (χ2n) is 4.54. The Kier molecular flexibility index (Phi) is 7.80. The average molecular weight is 480 g/mol. The van der Waals surface area contributed by atoms with Crippen molar-refractivity contribution in [3.8, 4) is 0 Å². The standard InChI is InChI=1S/C14H18BrN5O.HI/c1-9(11-6-4-5-7-12(11)15)18-14(16-3)17-8-13-19-10(2)21-20-13;/h4-7,9H,8H2,1-3H3,(H2,16,17,18);1H. The normalized spacial score (nSPS) is 12.5. The summed E-state index contributed by atoms with van der Waals surface area (Å²) in [6.45, 7) is 4.30. The SMILES string of the molecule is CN=C(NCc1noc(C)n1)NC(C)c1ccccc1Br.I. The Morgan fingerprint density at radius 3 is 2.73 bits per heavy atom. The molecule has 2 rings (SSSR count). The van der Waals surface area contributed by atoms with Crippen LogP contribution in [0, 0.1) is 6.92 Å². The Morgan fingerprint density at radius 2 is 2.14 bits per heavy atom. The maximum atomic E-state index is 4.93. The van der Waals surface area contributed by atoms with E-state index < -0.39 is 0 Å². The predicted molar refractivity (Wildman–Crippen MR) is 100 cm³/mol. The highest BCUT2D eigenvalue weighted by atomic mass is 127. The smallest absolute Gasteiger partial charge is 0.223 e. The summed E-state index contributed by atoms with van der Waals surface area (Å²) in [5, 5.41) is 10.3. The van der Waals surface area contributed by atoms with Gasteiger partial charge in [0.15, 0.2) is 11.8 Å². The summed E-state index contributed by atoms with van der Waals surface area (Å²) in [6, 6.07) is 8.20. The molecule has 6 nitrogen and oxygen atoms in total. The highest BCUT2D eigenvalue weighted by Gasteiger charge is 2.11. The Morgan fingerprint density at radius 1 is 1.41 bits per heavy atom. The van der Waals surface area contributed by atoms with Crippen LogP contribution in [0.15, 0.2) is 38.3 Å². The first-order valence-electron chi connectivity index (χ1n) is 6.61. The van der Waals surface area contributed by atoms with E-state index in [2.05, 4.69) is 54.7 Å². The summed E-state index contributed by atoms with van der Waals surface area (Å²) < 4.78 is 5.99. The summed E-state index contributed by atoms with van der Waals surface area (Å²) in [5.41, 5.74) is 1.16. The number of nitrogens with zero attached hydrogens (tertiary/aromatic N) is 3. The third-order valence-electron chi connectivity index (χ3n) is 2.93. The van der Waals surface area contributed by atoms with Gasteiger partial charge in [-0.1, -0.05) is 39.3 Å². The molecule has 0 saturated carbocycles. The summed E-state index contributed by atoms with van der Waals surface area (Å²) in [6.07, 6.45) is 0. The van der Waals surface area contributed by atoms with Crippen LogP contribution in [0.3, 0.4) is 0 Å². The fourth-order valence-corrected chi connectivity index (χ4v) is 2.51. The van der Waals surface area contributed by atoms with Crippen molar-refractivity contribution in [3.05, 3.63) is 46.0 Å². The van der Waals surface area contributed by atoms with E-state index in [9.17, 15) is 0 Å². The maximum absolute atomic E-state index is 4.93. The van der Waals surface area contributed by atoms with Crippen LogP contribution < -0.4 is 10.6 Å². The lowest BCUT2D eigenvalue weighted by Crippen LogP contribution is -2.38. The number of halogens is 2. The van der Waals surface area contributed by atoms with Crippen LogP contribution in [0.4, 0.5) is 0 Å². The van der Waals surface area contributed by atoms with E-state index >= 15 is 0 Å². The molecule has 0 aliphatic rings. The second kappa shape index (κ2) is 9.09. The molecule has 0 fully saturated rings.